The molecule has 0 aliphatic carbocycles. The number of aryl methyl sites for hydroxylation is 1. The lowest BCUT2D eigenvalue weighted by Gasteiger charge is -2.18. The fourth-order valence-corrected chi connectivity index (χ4v) is 3.63. The van der Waals surface area contributed by atoms with Gasteiger partial charge in [0.2, 0.25) is 5.78 Å². The summed E-state index contributed by atoms with van der Waals surface area (Å²) in [5.74, 6) is -0.783. The predicted molar refractivity (Wildman–Crippen MR) is 113 cm³/mol. The van der Waals surface area contributed by atoms with Crippen molar-refractivity contribution in [1.29, 1.82) is 5.26 Å². The maximum atomic E-state index is 13.5. The standard InChI is InChI=1S/C22H19ClN4O3/c1-12(2)18-19(20(28)15-6-13(3)7-16(23)9-15)27(22(30)26-21(18)29)11-14-4-5-25-17(8-14)10-24/h4-9,12H,11H2,1-3H3,(H,26,29,30). The molecule has 0 saturated carbocycles. The van der Waals surface area contributed by atoms with Crippen molar-refractivity contribution in [2.24, 2.45) is 0 Å². The SMILES string of the molecule is Cc1cc(Cl)cc(C(=O)c2c(C(C)C)c(=O)[nH]c(=O)n2Cc2ccnc(C#N)c2)c1. The first-order valence-corrected chi connectivity index (χ1v) is 9.63. The largest absolute Gasteiger partial charge is 0.329 e. The molecular formula is C22H19ClN4O3. The minimum absolute atomic E-state index is 0.00679. The highest BCUT2D eigenvalue weighted by atomic mass is 35.5. The number of ketones is 1. The van der Waals surface area contributed by atoms with Crippen LogP contribution in [0.2, 0.25) is 5.02 Å². The highest BCUT2D eigenvalue weighted by Crippen LogP contribution is 2.22. The van der Waals surface area contributed by atoms with E-state index in [2.05, 4.69) is 9.97 Å². The number of rotatable bonds is 5. The Morgan fingerprint density at radius 3 is 2.63 bits per heavy atom. The summed E-state index contributed by atoms with van der Waals surface area (Å²) in [6.07, 6.45) is 1.45. The Bertz CT molecular complexity index is 1280. The van der Waals surface area contributed by atoms with E-state index >= 15 is 0 Å². The third kappa shape index (κ3) is 4.24. The van der Waals surface area contributed by atoms with Gasteiger partial charge in [0.05, 0.1) is 6.54 Å². The first kappa shape index (κ1) is 21.2. The van der Waals surface area contributed by atoms with E-state index in [4.69, 9.17) is 16.9 Å². The summed E-state index contributed by atoms with van der Waals surface area (Å²) < 4.78 is 1.23. The highest BCUT2D eigenvalue weighted by molar-refractivity contribution is 6.31. The zero-order valence-corrected chi connectivity index (χ0v) is 17.4. The minimum atomic E-state index is -0.707. The average molecular weight is 423 g/mol. The molecule has 0 spiro atoms. The third-order valence-corrected chi connectivity index (χ3v) is 4.83. The molecule has 0 amide bonds. The van der Waals surface area contributed by atoms with E-state index in [0.29, 0.717) is 10.6 Å². The summed E-state index contributed by atoms with van der Waals surface area (Å²) in [5, 5.41) is 9.47. The fourth-order valence-electron chi connectivity index (χ4n) is 3.34. The number of benzene rings is 1. The van der Waals surface area contributed by atoms with Crippen LogP contribution >= 0.6 is 11.6 Å². The van der Waals surface area contributed by atoms with Gasteiger partial charge in [-0.15, -0.1) is 0 Å². The quantitative estimate of drug-likeness (QED) is 0.635. The fraction of sp³-hybridized carbons (Fsp3) is 0.227. The molecule has 8 heteroatoms. The van der Waals surface area contributed by atoms with Crippen LogP contribution in [0.5, 0.6) is 0 Å². The molecule has 2 heterocycles. The molecule has 0 unspecified atom stereocenters. The van der Waals surface area contributed by atoms with Crippen molar-refractivity contribution in [1.82, 2.24) is 14.5 Å². The van der Waals surface area contributed by atoms with Gasteiger partial charge in [0.1, 0.15) is 17.5 Å². The summed E-state index contributed by atoms with van der Waals surface area (Å²) in [7, 11) is 0. The number of halogens is 1. The first-order chi connectivity index (χ1) is 14.2. The van der Waals surface area contributed by atoms with Crippen molar-refractivity contribution in [2.45, 2.75) is 33.2 Å². The van der Waals surface area contributed by atoms with Crippen molar-refractivity contribution >= 4 is 17.4 Å². The Labute approximate surface area is 177 Å². The number of H-pyrrole nitrogens is 1. The maximum Gasteiger partial charge on any atom is 0.329 e. The number of carbonyl (C=O) groups excluding carboxylic acids is 1. The molecule has 152 valence electrons. The van der Waals surface area contributed by atoms with E-state index in [1.807, 2.05) is 6.07 Å². The van der Waals surface area contributed by atoms with E-state index in [0.717, 1.165) is 5.56 Å². The maximum absolute atomic E-state index is 13.5. The highest BCUT2D eigenvalue weighted by Gasteiger charge is 2.25. The topological polar surface area (TPSA) is 109 Å². The molecule has 30 heavy (non-hydrogen) atoms. The van der Waals surface area contributed by atoms with Crippen molar-refractivity contribution in [3.63, 3.8) is 0 Å². The number of hydrogen-bond donors (Lipinski definition) is 1. The smallest absolute Gasteiger partial charge is 0.287 e. The van der Waals surface area contributed by atoms with Crippen LogP contribution in [0.4, 0.5) is 0 Å². The lowest BCUT2D eigenvalue weighted by molar-refractivity contribution is 0.102. The molecule has 0 saturated heterocycles. The van der Waals surface area contributed by atoms with Gasteiger partial charge >= 0.3 is 5.69 Å². The first-order valence-electron chi connectivity index (χ1n) is 9.25. The van der Waals surface area contributed by atoms with Gasteiger partial charge in [-0.3, -0.25) is 19.1 Å². The number of aromatic amines is 1. The molecule has 0 bridgehead atoms. The van der Waals surface area contributed by atoms with E-state index < -0.39 is 17.0 Å². The van der Waals surface area contributed by atoms with Crippen molar-refractivity contribution in [3.05, 3.63) is 96.0 Å². The summed E-state index contributed by atoms with van der Waals surface area (Å²) >= 11 is 6.12. The van der Waals surface area contributed by atoms with Gasteiger partial charge in [-0.25, -0.2) is 9.78 Å². The van der Waals surface area contributed by atoms with Crippen LogP contribution in [0.3, 0.4) is 0 Å². The van der Waals surface area contributed by atoms with Gasteiger partial charge < -0.3 is 0 Å². The minimum Gasteiger partial charge on any atom is -0.287 e. The Balaban J connectivity index is 2.28. The molecule has 1 N–H and O–H groups in total. The summed E-state index contributed by atoms with van der Waals surface area (Å²) in [6.45, 7) is 5.35. The van der Waals surface area contributed by atoms with Gasteiger partial charge in [0.15, 0.2) is 0 Å². The second kappa shape index (κ2) is 8.47. The van der Waals surface area contributed by atoms with Crippen LogP contribution in [-0.4, -0.2) is 20.3 Å². The van der Waals surface area contributed by atoms with E-state index in [-0.39, 0.29) is 35.0 Å². The molecule has 0 radical (unpaired) electrons. The molecule has 0 aliphatic rings. The number of nitrogens with one attached hydrogen (secondary N) is 1. The van der Waals surface area contributed by atoms with Gasteiger partial charge in [-0.05, 0) is 54.3 Å². The summed E-state index contributed by atoms with van der Waals surface area (Å²) in [6, 6.07) is 10.0. The lowest BCUT2D eigenvalue weighted by atomic mass is 9.96. The zero-order chi connectivity index (χ0) is 22.0. The molecule has 0 fully saturated rings. The molecule has 0 aliphatic heterocycles. The second-order valence-electron chi connectivity index (χ2n) is 7.27. The molecule has 1 aromatic carbocycles. The van der Waals surface area contributed by atoms with E-state index in [1.165, 1.54) is 22.9 Å². The number of aromatic nitrogens is 3. The molecule has 7 nitrogen and oxygen atoms in total. The Kier molecular flexibility index (Phi) is 5.99. The number of carbonyl (C=O) groups is 1. The van der Waals surface area contributed by atoms with Crippen molar-refractivity contribution in [2.75, 3.05) is 0 Å². The molecular weight excluding hydrogens is 404 g/mol. The number of pyridine rings is 1. The Morgan fingerprint density at radius 2 is 2.00 bits per heavy atom. The average Bonchev–Trinajstić information content (AvgIpc) is 2.68. The number of hydrogen-bond acceptors (Lipinski definition) is 5. The summed E-state index contributed by atoms with van der Waals surface area (Å²) in [5.41, 5.74) is 0.774. The van der Waals surface area contributed by atoms with Crippen LogP contribution in [-0.2, 0) is 6.54 Å². The normalized spacial score (nSPS) is 10.8. The predicted octanol–water partition coefficient (Wildman–Crippen LogP) is 3.17. The van der Waals surface area contributed by atoms with Gasteiger partial charge in [-0.2, -0.15) is 5.26 Å². The van der Waals surface area contributed by atoms with Gasteiger partial charge in [0, 0.05) is 22.3 Å². The van der Waals surface area contributed by atoms with Gasteiger partial charge in [-0.1, -0.05) is 25.4 Å². The Morgan fingerprint density at radius 1 is 1.27 bits per heavy atom. The zero-order valence-electron chi connectivity index (χ0n) is 16.7. The number of nitriles is 1. The van der Waals surface area contributed by atoms with E-state index in [9.17, 15) is 14.4 Å². The molecule has 3 rings (SSSR count). The van der Waals surface area contributed by atoms with Crippen LogP contribution in [0, 0.1) is 18.3 Å². The third-order valence-electron chi connectivity index (χ3n) is 4.61. The van der Waals surface area contributed by atoms with Crippen LogP contribution < -0.4 is 11.2 Å². The van der Waals surface area contributed by atoms with Crippen LogP contribution in [0.15, 0.2) is 46.1 Å². The number of nitrogens with zero attached hydrogens (tertiary/aromatic N) is 3. The van der Waals surface area contributed by atoms with Crippen LogP contribution in [0.25, 0.3) is 0 Å². The monoisotopic (exact) mass is 422 g/mol. The van der Waals surface area contributed by atoms with E-state index in [1.54, 1.807) is 39.0 Å². The van der Waals surface area contributed by atoms with Gasteiger partial charge in [0.25, 0.3) is 5.56 Å². The second-order valence-corrected chi connectivity index (χ2v) is 7.71. The Hall–Kier alpha value is -3.50. The molecule has 3 aromatic rings. The molecule has 2 aromatic heterocycles. The van der Waals surface area contributed by atoms with Crippen LogP contribution in [0.1, 0.15) is 58.2 Å². The molecule has 0 atom stereocenters. The van der Waals surface area contributed by atoms with Crippen molar-refractivity contribution < 1.29 is 4.79 Å². The van der Waals surface area contributed by atoms with Crippen molar-refractivity contribution in [3.8, 4) is 6.07 Å². The summed E-state index contributed by atoms with van der Waals surface area (Å²) in [4.78, 5) is 45.0. The lowest BCUT2D eigenvalue weighted by Crippen LogP contribution is -2.38.